The Balaban J connectivity index is 2.09. The molecule has 0 radical (unpaired) electrons. The highest BCUT2D eigenvalue weighted by Gasteiger charge is 2.17. The first kappa shape index (κ1) is 12.1. The van der Waals surface area contributed by atoms with Gasteiger partial charge in [0.25, 0.3) is 0 Å². The molecule has 2 heterocycles. The summed E-state index contributed by atoms with van der Waals surface area (Å²) < 4.78 is 5.63. The van der Waals surface area contributed by atoms with Crippen LogP contribution in [-0.2, 0) is 11.2 Å². The lowest BCUT2D eigenvalue weighted by molar-refractivity contribution is 0.0156. The van der Waals surface area contributed by atoms with E-state index < -0.39 is 0 Å². The number of aromatic nitrogens is 2. The molecule has 1 aliphatic heterocycles. The maximum absolute atomic E-state index is 5.96. The summed E-state index contributed by atoms with van der Waals surface area (Å²) >= 11 is 11.9. The van der Waals surface area contributed by atoms with E-state index >= 15 is 0 Å². The zero-order chi connectivity index (χ0) is 11.5. The third-order valence-electron chi connectivity index (χ3n) is 2.76. The Hall–Kier alpha value is -0.380. The van der Waals surface area contributed by atoms with Crippen LogP contribution >= 0.6 is 23.2 Å². The minimum atomic E-state index is 0.212. The predicted octanol–water partition coefficient (Wildman–Crippen LogP) is 3.20. The summed E-state index contributed by atoms with van der Waals surface area (Å²) in [5.74, 6) is 0.674. The van der Waals surface area contributed by atoms with E-state index in [4.69, 9.17) is 27.9 Å². The summed E-state index contributed by atoms with van der Waals surface area (Å²) in [6, 6.07) is 0. The van der Waals surface area contributed by atoms with Gasteiger partial charge >= 0.3 is 0 Å². The molecule has 1 unspecified atom stereocenters. The minimum absolute atomic E-state index is 0.212. The summed E-state index contributed by atoms with van der Waals surface area (Å²) in [6.07, 6.45) is 4.32. The van der Waals surface area contributed by atoms with Gasteiger partial charge in [-0.1, -0.05) is 23.2 Å². The predicted molar refractivity (Wildman–Crippen MR) is 64.1 cm³/mol. The lowest BCUT2D eigenvalue weighted by Crippen LogP contribution is -2.22. The van der Waals surface area contributed by atoms with Crippen LogP contribution < -0.4 is 0 Å². The van der Waals surface area contributed by atoms with Crippen molar-refractivity contribution < 1.29 is 4.74 Å². The molecule has 2 rings (SSSR count). The van der Waals surface area contributed by atoms with Crippen LogP contribution in [0.1, 0.15) is 30.7 Å². The molecule has 0 aromatic carbocycles. The first-order valence-corrected chi connectivity index (χ1v) is 6.22. The van der Waals surface area contributed by atoms with Gasteiger partial charge in [0.05, 0.1) is 6.10 Å². The summed E-state index contributed by atoms with van der Waals surface area (Å²) in [6.45, 7) is 2.64. The maximum atomic E-state index is 5.96. The standard InChI is InChI=1S/C11H14Cl2N2O/c1-7-10(12)14-9(15-11(7)13)6-8-4-2-3-5-16-8/h8H,2-6H2,1H3. The van der Waals surface area contributed by atoms with Crippen LogP contribution in [0.5, 0.6) is 0 Å². The molecule has 0 bridgehead atoms. The molecule has 5 heteroatoms. The first-order chi connectivity index (χ1) is 7.66. The number of halogens is 2. The van der Waals surface area contributed by atoms with Crippen molar-refractivity contribution in [2.24, 2.45) is 0 Å². The van der Waals surface area contributed by atoms with Crippen molar-refractivity contribution in [1.82, 2.24) is 9.97 Å². The minimum Gasteiger partial charge on any atom is -0.378 e. The largest absolute Gasteiger partial charge is 0.378 e. The molecule has 88 valence electrons. The molecule has 1 aromatic heterocycles. The second-order valence-electron chi connectivity index (χ2n) is 4.04. The van der Waals surface area contributed by atoms with Gasteiger partial charge in [0, 0.05) is 18.6 Å². The highest BCUT2D eigenvalue weighted by molar-refractivity contribution is 6.34. The van der Waals surface area contributed by atoms with Crippen molar-refractivity contribution in [2.45, 2.75) is 38.7 Å². The molecule has 0 aliphatic carbocycles. The van der Waals surface area contributed by atoms with E-state index in [1.165, 1.54) is 6.42 Å². The fourth-order valence-electron chi connectivity index (χ4n) is 1.77. The zero-order valence-electron chi connectivity index (χ0n) is 9.17. The van der Waals surface area contributed by atoms with Gasteiger partial charge in [0.15, 0.2) is 0 Å². The fourth-order valence-corrected chi connectivity index (χ4v) is 2.19. The lowest BCUT2D eigenvalue weighted by atomic mass is 10.1. The van der Waals surface area contributed by atoms with Crippen LogP contribution in [0, 0.1) is 6.92 Å². The number of ether oxygens (including phenoxy) is 1. The molecule has 1 aliphatic rings. The average molecular weight is 261 g/mol. The van der Waals surface area contributed by atoms with Gasteiger partial charge in [-0.3, -0.25) is 0 Å². The van der Waals surface area contributed by atoms with Gasteiger partial charge in [0.2, 0.25) is 0 Å². The maximum Gasteiger partial charge on any atom is 0.137 e. The van der Waals surface area contributed by atoms with E-state index in [0.29, 0.717) is 22.6 Å². The summed E-state index contributed by atoms with van der Waals surface area (Å²) in [5.41, 5.74) is 0.733. The third-order valence-corrected chi connectivity index (χ3v) is 3.49. The fraction of sp³-hybridized carbons (Fsp3) is 0.636. The van der Waals surface area contributed by atoms with Crippen LogP contribution in [0.2, 0.25) is 10.3 Å². The van der Waals surface area contributed by atoms with E-state index in [1.807, 2.05) is 6.92 Å². The molecule has 0 spiro atoms. The molecule has 0 N–H and O–H groups in total. The molecule has 1 fully saturated rings. The van der Waals surface area contributed by atoms with E-state index in [9.17, 15) is 0 Å². The van der Waals surface area contributed by atoms with Crippen molar-refractivity contribution in [2.75, 3.05) is 6.61 Å². The molecule has 16 heavy (non-hydrogen) atoms. The third kappa shape index (κ3) is 2.84. The molecule has 3 nitrogen and oxygen atoms in total. The molecule has 1 saturated heterocycles. The SMILES string of the molecule is Cc1c(Cl)nc(CC2CCCCO2)nc1Cl. The van der Waals surface area contributed by atoms with Gasteiger partial charge in [-0.25, -0.2) is 9.97 Å². The smallest absolute Gasteiger partial charge is 0.137 e. The second kappa shape index (κ2) is 5.30. The van der Waals surface area contributed by atoms with Crippen LogP contribution in [0.25, 0.3) is 0 Å². The van der Waals surface area contributed by atoms with Crippen LogP contribution in [0.4, 0.5) is 0 Å². The quantitative estimate of drug-likeness (QED) is 0.767. The van der Waals surface area contributed by atoms with E-state index in [2.05, 4.69) is 9.97 Å². The van der Waals surface area contributed by atoms with Crippen molar-refractivity contribution in [3.05, 3.63) is 21.7 Å². The highest BCUT2D eigenvalue weighted by atomic mass is 35.5. The van der Waals surface area contributed by atoms with Crippen molar-refractivity contribution in [3.63, 3.8) is 0 Å². The molecule has 0 saturated carbocycles. The van der Waals surface area contributed by atoms with Gasteiger partial charge < -0.3 is 4.74 Å². The van der Waals surface area contributed by atoms with Gasteiger partial charge in [0.1, 0.15) is 16.1 Å². The topological polar surface area (TPSA) is 35.0 Å². The normalized spacial score (nSPS) is 21.1. The van der Waals surface area contributed by atoms with E-state index in [1.54, 1.807) is 0 Å². The zero-order valence-corrected chi connectivity index (χ0v) is 10.7. The Morgan fingerprint density at radius 1 is 1.25 bits per heavy atom. The Morgan fingerprint density at radius 2 is 1.94 bits per heavy atom. The van der Waals surface area contributed by atoms with Gasteiger partial charge in [-0.15, -0.1) is 0 Å². The number of hydrogen-bond acceptors (Lipinski definition) is 3. The number of nitrogens with zero attached hydrogens (tertiary/aromatic N) is 2. The van der Waals surface area contributed by atoms with Crippen LogP contribution in [0.3, 0.4) is 0 Å². The van der Waals surface area contributed by atoms with Crippen molar-refractivity contribution >= 4 is 23.2 Å². The van der Waals surface area contributed by atoms with E-state index in [0.717, 1.165) is 25.0 Å². The van der Waals surface area contributed by atoms with Crippen LogP contribution in [0.15, 0.2) is 0 Å². The average Bonchev–Trinajstić information content (AvgIpc) is 2.27. The molecular formula is C11H14Cl2N2O. The number of rotatable bonds is 2. The Morgan fingerprint density at radius 3 is 2.50 bits per heavy atom. The summed E-state index contributed by atoms with van der Waals surface area (Å²) in [4.78, 5) is 8.44. The summed E-state index contributed by atoms with van der Waals surface area (Å²) in [5, 5.41) is 0.872. The van der Waals surface area contributed by atoms with Gasteiger partial charge in [-0.2, -0.15) is 0 Å². The van der Waals surface area contributed by atoms with Crippen LogP contribution in [-0.4, -0.2) is 22.7 Å². The Labute approximate surface area is 105 Å². The van der Waals surface area contributed by atoms with E-state index in [-0.39, 0.29) is 6.10 Å². The Bertz CT molecular complexity index is 355. The second-order valence-corrected chi connectivity index (χ2v) is 4.76. The number of hydrogen-bond donors (Lipinski definition) is 0. The lowest BCUT2D eigenvalue weighted by Gasteiger charge is -2.21. The van der Waals surface area contributed by atoms with Crippen molar-refractivity contribution in [3.8, 4) is 0 Å². The molecular weight excluding hydrogens is 247 g/mol. The molecule has 1 aromatic rings. The Kier molecular flexibility index (Phi) is 4.00. The first-order valence-electron chi connectivity index (χ1n) is 5.47. The van der Waals surface area contributed by atoms with Gasteiger partial charge in [-0.05, 0) is 26.2 Å². The monoisotopic (exact) mass is 260 g/mol. The summed E-state index contributed by atoms with van der Waals surface area (Å²) in [7, 11) is 0. The molecule has 1 atom stereocenters. The highest BCUT2D eigenvalue weighted by Crippen LogP contribution is 2.22. The molecule has 0 amide bonds. The van der Waals surface area contributed by atoms with Crippen molar-refractivity contribution in [1.29, 1.82) is 0 Å².